The highest BCUT2D eigenvalue weighted by Crippen LogP contribution is 2.30. The summed E-state index contributed by atoms with van der Waals surface area (Å²) in [6, 6.07) is 9.43. The van der Waals surface area contributed by atoms with E-state index < -0.39 is 0 Å². The van der Waals surface area contributed by atoms with Gasteiger partial charge in [0, 0.05) is 5.92 Å². The van der Waals surface area contributed by atoms with E-state index in [1.54, 1.807) is 0 Å². The molecular formula is C13H13N3O. The summed E-state index contributed by atoms with van der Waals surface area (Å²) in [5, 5.41) is 12.7. The maximum Gasteiger partial charge on any atom is 0.203 e. The fourth-order valence-corrected chi connectivity index (χ4v) is 1.42. The van der Waals surface area contributed by atoms with Gasteiger partial charge in [0.05, 0.1) is 5.69 Å². The third-order valence-corrected chi connectivity index (χ3v) is 2.64. The van der Waals surface area contributed by atoms with Crippen molar-refractivity contribution >= 4 is 17.2 Å². The fraction of sp³-hybridized carbons (Fsp3) is 0.308. The van der Waals surface area contributed by atoms with Gasteiger partial charge in [0.25, 0.3) is 0 Å². The van der Waals surface area contributed by atoms with Crippen LogP contribution in [0.3, 0.4) is 0 Å². The van der Waals surface area contributed by atoms with Crippen LogP contribution in [0.4, 0.5) is 5.69 Å². The maximum atomic E-state index is 11.6. The molecule has 1 aromatic rings. The van der Waals surface area contributed by atoms with Crippen LogP contribution in [0.2, 0.25) is 0 Å². The van der Waals surface area contributed by atoms with Gasteiger partial charge in [-0.1, -0.05) is 17.7 Å². The Balaban J connectivity index is 2.05. The Morgan fingerprint density at radius 3 is 2.59 bits per heavy atom. The molecule has 0 atom stereocenters. The molecule has 0 aliphatic heterocycles. The van der Waals surface area contributed by atoms with Crippen LogP contribution in [-0.4, -0.2) is 11.5 Å². The first-order chi connectivity index (χ1) is 8.20. The molecule has 2 rings (SSSR count). The largest absolute Gasteiger partial charge is 0.291 e. The number of nitriles is 1. The lowest BCUT2D eigenvalue weighted by molar-refractivity contribution is -0.113. The van der Waals surface area contributed by atoms with Crippen molar-refractivity contribution in [2.75, 3.05) is 5.43 Å². The molecule has 1 aliphatic rings. The molecule has 0 saturated heterocycles. The summed E-state index contributed by atoms with van der Waals surface area (Å²) >= 11 is 0. The maximum absolute atomic E-state index is 11.6. The van der Waals surface area contributed by atoms with Gasteiger partial charge >= 0.3 is 0 Å². The predicted molar refractivity (Wildman–Crippen MR) is 65.6 cm³/mol. The van der Waals surface area contributed by atoms with Crippen LogP contribution in [0.5, 0.6) is 0 Å². The smallest absolute Gasteiger partial charge is 0.203 e. The van der Waals surface area contributed by atoms with E-state index in [-0.39, 0.29) is 17.4 Å². The molecule has 0 bridgehead atoms. The molecule has 0 aromatic heterocycles. The lowest BCUT2D eigenvalue weighted by Gasteiger charge is -2.01. The van der Waals surface area contributed by atoms with Crippen molar-refractivity contribution in [3.63, 3.8) is 0 Å². The topological polar surface area (TPSA) is 65.2 Å². The molecule has 0 amide bonds. The van der Waals surface area contributed by atoms with Gasteiger partial charge in [-0.2, -0.15) is 10.4 Å². The van der Waals surface area contributed by atoms with Crippen LogP contribution in [0.15, 0.2) is 29.4 Å². The molecule has 1 N–H and O–H groups in total. The number of Topliss-reactive ketones (excluding diaryl/α,β-unsaturated/α-hetero) is 1. The lowest BCUT2D eigenvalue weighted by atomic mass is 10.2. The van der Waals surface area contributed by atoms with Crippen LogP contribution in [0, 0.1) is 24.2 Å². The molecule has 1 aromatic carbocycles. The average Bonchev–Trinajstić information content (AvgIpc) is 3.16. The van der Waals surface area contributed by atoms with E-state index in [4.69, 9.17) is 5.26 Å². The Bertz CT molecular complexity index is 492. The van der Waals surface area contributed by atoms with Crippen molar-refractivity contribution in [1.29, 1.82) is 5.26 Å². The van der Waals surface area contributed by atoms with Crippen molar-refractivity contribution in [3.05, 3.63) is 29.8 Å². The van der Waals surface area contributed by atoms with Gasteiger partial charge in [0.2, 0.25) is 5.71 Å². The summed E-state index contributed by atoms with van der Waals surface area (Å²) in [7, 11) is 0. The minimum Gasteiger partial charge on any atom is -0.291 e. The van der Waals surface area contributed by atoms with Gasteiger partial charge in [-0.3, -0.25) is 10.2 Å². The normalized spacial score (nSPS) is 15.2. The Morgan fingerprint density at radius 1 is 1.41 bits per heavy atom. The van der Waals surface area contributed by atoms with Crippen molar-refractivity contribution in [2.24, 2.45) is 11.0 Å². The fourth-order valence-electron chi connectivity index (χ4n) is 1.42. The molecule has 4 heteroatoms. The molecule has 0 spiro atoms. The molecule has 1 fully saturated rings. The zero-order valence-electron chi connectivity index (χ0n) is 9.60. The number of nitrogens with zero attached hydrogens (tertiary/aromatic N) is 2. The van der Waals surface area contributed by atoms with E-state index in [0.717, 1.165) is 24.1 Å². The number of hydrazone groups is 1. The molecule has 0 radical (unpaired) electrons. The number of aryl methyl sites for hydroxylation is 1. The molecule has 1 aliphatic carbocycles. The van der Waals surface area contributed by atoms with Crippen molar-refractivity contribution in [3.8, 4) is 6.07 Å². The minimum atomic E-state index is -0.146. The highest BCUT2D eigenvalue weighted by molar-refractivity contribution is 6.47. The molecule has 0 unspecified atom stereocenters. The van der Waals surface area contributed by atoms with Gasteiger partial charge in [0.15, 0.2) is 5.78 Å². The standard InChI is InChI=1S/C13H13N3O/c1-9-2-6-11(7-3-9)15-16-12(8-14)13(17)10-4-5-10/h2-3,6-7,10,15H,4-5H2,1H3. The second-order valence-electron chi connectivity index (χ2n) is 4.19. The lowest BCUT2D eigenvalue weighted by Crippen LogP contribution is -2.15. The zero-order chi connectivity index (χ0) is 12.3. The van der Waals surface area contributed by atoms with Gasteiger partial charge in [-0.25, -0.2) is 0 Å². The molecule has 86 valence electrons. The molecule has 0 heterocycles. The summed E-state index contributed by atoms with van der Waals surface area (Å²) in [5.74, 6) is -0.125. The molecule has 1 saturated carbocycles. The quantitative estimate of drug-likeness (QED) is 0.633. The van der Waals surface area contributed by atoms with Crippen LogP contribution < -0.4 is 5.43 Å². The first kappa shape index (κ1) is 11.3. The summed E-state index contributed by atoms with van der Waals surface area (Å²) in [5.41, 5.74) is 4.61. The van der Waals surface area contributed by atoms with Crippen LogP contribution in [0.1, 0.15) is 18.4 Å². The second-order valence-corrected chi connectivity index (χ2v) is 4.19. The SMILES string of the molecule is Cc1ccc(NN=C(C#N)C(=O)C2CC2)cc1. The summed E-state index contributed by atoms with van der Waals surface area (Å²) < 4.78 is 0. The highest BCUT2D eigenvalue weighted by Gasteiger charge is 2.32. The van der Waals surface area contributed by atoms with Crippen molar-refractivity contribution < 1.29 is 4.79 Å². The van der Waals surface area contributed by atoms with E-state index >= 15 is 0 Å². The third-order valence-electron chi connectivity index (χ3n) is 2.64. The number of rotatable bonds is 4. The average molecular weight is 227 g/mol. The van der Waals surface area contributed by atoms with E-state index in [0.29, 0.717) is 0 Å². The molecular weight excluding hydrogens is 214 g/mol. The Kier molecular flexibility index (Phi) is 3.20. The van der Waals surface area contributed by atoms with E-state index in [2.05, 4.69) is 10.5 Å². The van der Waals surface area contributed by atoms with Crippen LogP contribution in [0.25, 0.3) is 0 Å². The first-order valence-electron chi connectivity index (χ1n) is 5.55. The number of carbonyl (C=O) groups is 1. The third kappa shape index (κ3) is 2.91. The predicted octanol–water partition coefficient (Wildman–Crippen LogP) is 2.27. The summed E-state index contributed by atoms with van der Waals surface area (Å²) in [4.78, 5) is 11.6. The first-order valence-corrected chi connectivity index (χ1v) is 5.55. The molecule has 4 nitrogen and oxygen atoms in total. The number of carbonyl (C=O) groups excluding carboxylic acids is 1. The van der Waals surface area contributed by atoms with E-state index in [1.807, 2.05) is 37.3 Å². The number of ketones is 1. The van der Waals surface area contributed by atoms with Gasteiger partial charge in [-0.15, -0.1) is 0 Å². The number of hydrogen-bond acceptors (Lipinski definition) is 4. The van der Waals surface area contributed by atoms with Gasteiger partial charge < -0.3 is 0 Å². The Hall–Kier alpha value is -2.15. The number of benzene rings is 1. The van der Waals surface area contributed by atoms with E-state index in [9.17, 15) is 4.79 Å². The summed E-state index contributed by atoms with van der Waals surface area (Å²) in [6.07, 6.45) is 1.76. The Labute approximate surface area is 99.9 Å². The van der Waals surface area contributed by atoms with Crippen molar-refractivity contribution in [2.45, 2.75) is 19.8 Å². The van der Waals surface area contributed by atoms with Crippen molar-refractivity contribution in [1.82, 2.24) is 0 Å². The van der Waals surface area contributed by atoms with Crippen LogP contribution in [-0.2, 0) is 4.79 Å². The number of anilines is 1. The highest BCUT2D eigenvalue weighted by atomic mass is 16.1. The second kappa shape index (κ2) is 4.79. The van der Waals surface area contributed by atoms with E-state index in [1.165, 1.54) is 0 Å². The zero-order valence-corrected chi connectivity index (χ0v) is 9.60. The minimum absolute atomic E-state index is 0.0215. The Morgan fingerprint density at radius 2 is 2.06 bits per heavy atom. The van der Waals surface area contributed by atoms with Gasteiger partial charge in [-0.05, 0) is 31.9 Å². The number of nitrogens with one attached hydrogen (secondary N) is 1. The molecule has 17 heavy (non-hydrogen) atoms. The van der Waals surface area contributed by atoms with Crippen LogP contribution >= 0.6 is 0 Å². The monoisotopic (exact) mass is 227 g/mol. The van der Waals surface area contributed by atoms with Gasteiger partial charge in [0.1, 0.15) is 6.07 Å². The number of hydrogen-bond donors (Lipinski definition) is 1. The summed E-state index contributed by atoms with van der Waals surface area (Å²) in [6.45, 7) is 1.99.